The highest BCUT2D eigenvalue weighted by Crippen LogP contribution is 2.47. The van der Waals surface area contributed by atoms with Crippen molar-refractivity contribution in [2.45, 2.75) is 19.4 Å². The van der Waals surface area contributed by atoms with Gasteiger partial charge in [0.05, 0.1) is 11.6 Å². The van der Waals surface area contributed by atoms with Gasteiger partial charge in [0, 0.05) is 11.2 Å². The first kappa shape index (κ1) is 16.7. The maximum atomic E-state index is 12.7. The molecule has 1 saturated carbocycles. The second kappa shape index (κ2) is 6.88. The maximum Gasteiger partial charge on any atom is 0.253 e. The van der Waals surface area contributed by atoms with Gasteiger partial charge in [0.25, 0.3) is 5.91 Å². The van der Waals surface area contributed by atoms with Crippen LogP contribution in [0.1, 0.15) is 35.3 Å². The fourth-order valence-electron chi connectivity index (χ4n) is 3.13. The van der Waals surface area contributed by atoms with Crippen LogP contribution in [0.2, 0.25) is 5.02 Å². The van der Waals surface area contributed by atoms with Crippen LogP contribution in [0.15, 0.2) is 55.2 Å². The Morgan fingerprint density at radius 3 is 2.62 bits per heavy atom. The molecule has 1 aliphatic rings. The Kier molecular flexibility index (Phi) is 4.42. The average molecular weight is 368 g/mol. The third-order valence-corrected chi connectivity index (χ3v) is 5.03. The van der Waals surface area contributed by atoms with Crippen LogP contribution in [0.25, 0.3) is 5.82 Å². The number of hydrogen-bond donors (Lipinski definition) is 1. The second-order valence-corrected chi connectivity index (χ2v) is 7.06. The Morgan fingerprint density at radius 1 is 1.27 bits per heavy atom. The van der Waals surface area contributed by atoms with Crippen LogP contribution < -0.4 is 5.32 Å². The van der Waals surface area contributed by atoms with E-state index in [4.69, 9.17) is 11.6 Å². The molecule has 6 nitrogen and oxygen atoms in total. The standard InChI is InChI=1S/C19H18ClN5O/c1-12-8-16(12)18(13-2-5-15(20)6-3-13)24-19(26)14-4-7-17(22-9-14)25-11-21-10-23-25/h2-7,9-12,16,18H,8H2,1H3,(H,24,26)/t12-,16+,18+/m1/s1. The minimum atomic E-state index is -0.137. The van der Waals surface area contributed by atoms with Gasteiger partial charge in [-0.1, -0.05) is 30.7 Å². The SMILES string of the molecule is C[C@@H]1C[C@@H]1[C@@H](NC(=O)c1ccc(-n2cncn2)nc1)c1ccc(Cl)cc1. The Balaban J connectivity index is 1.52. The van der Waals surface area contributed by atoms with Crippen molar-refractivity contribution in [1.29, 1.82) is 0 Å². The van der Waals surface area contributed by atoms with Crippen LogP contribution >= 0.6 is 11.6 Å². The van der Waals surface area contributed by atoms with E-state index in [1.165, 1.54) is 6.33 Å². The van der Waals surface area contributed by atoms with E-state index in [-0.39, 0.29) is 11.9 Å². The smallest absolute Gasteiger partial charge is 0.253 e. The first-order valence-corrected chi connectivity index (χ1v) is 8.87. The van der Waals surface area contributed by atoms with Crippen molar-refractivity contribution in [2.24, 2.45) is 11.8 Å². The number of carbonyl (C=O) groups excluding carboxylic acids is 1. The third-order valence-electron chi connectivity index (χ3n) is 4.78. The van der Waals surface area contributed by atoms with Crippen molar-refractivity contribution in [3.05, 3.63) is 71.4 Å². The number of nitrogens with zero attached hydrogens (tertiary/aromatic N) is 4. The predicted octanol–water partition coefficient (Wildman–Crippen LogP) is 3.44. The highest BCUT2D eigenvalue weighted by Gasteiger charge is 2.41. The van der Waals surface area contributed by atoms with Gasteiger partial charge in [-0.2, -0.15) is 5.10 Å². The van der Waals surface area contributed by atoms with Gasteiger partial charge in [0.2, 0.25) is 0 Å². The van der Waals surface area contributed by atoms with Gasteiger partial charge in [0.15, 0.2) is 5.82 Å². The molecule has 0 aliphatic heterocycles. The molecule has 0 bridgehead atoms. The number of benzene rings is 1. The molecular weight excluding hydrogens is 350 g/mol. The highest BCUT2D eigenvalue weighted by atomic mass is 35.5. The largest absolute Gasteiger partial charge is 0.345 e. The lowest BCUT2D eigenvalue weighted by molar-refractivity contribution is 0.0930. The van der Waals surface area contributed by atoms with Crippen LogP contribution in [0.3, 0.4) is 0 Å². The maximum absolute atomic E-state index is 12.7. The van der Waals surface area contributed by atoms with E-state index < -0.39 is 0 Å². The van der Waals surface area contributed by atoms with Gasteiger partial charge in [-0.3, -0.25) is 4.79 Å². The normalized spacial score (nSPS) is 19.8. The van der Waals surface area contributed by atoms with E-state index in [9.17, 15) is 4.79 Å². The topological polar surface area (TPSA) is 72.7 Å². The quantitative estimate of drug-likeness (QED) is 0.749. The molecule has 1 aromatic carbocycles. The van der Waals surface area contributed by atoms with Crippen LogP contribution in [0.4, 0.5) is 0 Å². The minimum absolute atomic E-state index is 0.0234. The Morgan fingerprint density at radius 2 is 2.04 bits per heavy atom. The summed E-state index contributed by atoms with van der Waals surface area (Å²) in [5.74, 6) is 1.53. The van der Waals surface area contributed by atoms with E-state index in [2.05, 4.69) is 27.3 Å². The van der Waals surface area contributed by atoms with Crippen molar-refractivity contribution >= 4 is 17.5 Å². The number of hydrogen-bond acceptors (Lipinski definition) is 4. The summed E-state index contributed by atoms with van der Waals surface area (Å²) in [5, 5.41) is 7.88. The summed E-state index contributed by atoms with van der Waals surface area (Å²) in [5.41, 5.74) is 1.59. The molecule has 1 fully saturated rings. The molecule has 0 unspecified atom stereocenters. The summed E-state index contributed by atoms with van der Waals surface area (Å²) < 4.78 is 1.55. The zero-order valence-corrected chi connectivity index (χ0v) is 15.0. The molecular formula is C19H18ClN5O. The molecule has 3 atom stereocenters. The lowest BCUT2D eigenvalue weighted by Gasteiger charge is -2.19. The van der Waals surface area contributed by atoms with E-state index >= 15 is 0 Å². The molecule has 26 heavy (non-hydrogen) atoms. The average Bonchev–Trinajstić information content (AvgIpc) is 3.14. The first-order valence-electron chi connectivity index (χ1n) is 8.49. The second-order valence-electron chi connectivity index (χ2n) is 6.62. The van der Waals surface area contributed by atoms with Gasteiger partial charge in [-0.25, -0.2) is 14.6 Å². The van der Waals surface area contributed by atoms with Gasteiger partial charge in [0.1, 0.15) is 12.7 Å². The summed E-state index contributed by atoms with van der Waals surface area (Å²) in [7, 11) is 0. The third kappa shape index (κ3) is 3.46. The van der Waals surface area contributed by atoms with Crippen molar-refractivity contribution in [3.63, 3.8) is 0 Å². The molecule has 1 N–H and O–H groups in total. The Labute approximate surface area is 156 Å². The highest BCUT2D eigenvalue weighted by molar-refractivity contribution is 6.30. The molecule has 2 heterocycles. The number of nitrogens with one attached hydrogen (secondary N) is 1. The molecule has 0 spiro atoms. The molecule has 2 aromatic heterocycles. The van der Waals surface area contributed by atoms with Gasteiger partial charge in [-0.15, -0.1) is 0 Å². The van der Waals surface area contributed by atoms with Crippen LogP contribution in [0.5, 0.6) is 0 Å². The van der Waals surface area contributed by atoms with E-state index in [0.29, 0.717) is 28.2 Å². The summed E-state index contributed by atoms with van der Waals surface area (Å²) in [6, 6.07) is 11.1. The molecule has 0 saturated heterocycles. The fraction of sp³-hybridized carbons (Fsp3) is 0.263. The van der Waals surface area contributed by atoms with Gasteiger partial charge >= 0.3 is 0 Å². The molecule has 3 aromatic rings. The number of carbonyl (C=O) groups is 1. The van der Waals surface area contributed by atoms with E-state index in [0.717, 1.165) is 12.0 Å². The number of halogens is 1. The Hall–Kier alpha value is -2.73. The molecule has 0 radical (unpaired) electrons. The summed E-state index contributed by atoms with van der Waals surface area (Å²) in [4.78, 5) is 20.9. The summed E-state index contributed by atoms with van der Waals surface area (Å²) >= 11 is 5.99. The molecule has 7 heteroatoms. The van der Waals surface area contributed by atoms with Gasteiger partial charge in [-0.05, 0) is 48.1 Å². The lowest BCUT2D eigenvalue weighted by atomic mass is 10.0. The zero-order valence-electron chi connectivity index (χ0n) is 14.2. The molecule has 4 rings (SSSR count). The zero-order chi connectivity index (χ0) is 18.1. The van der Waals surface area contributed by atoms with Crippen LogP contribution in [-0.2, 0) is 0 Å². The van der Waals surface area contributed by atoms with Gasteiger partial charge < -0.3 is 5.32 Å². The number of aromatic nitrogens is 4. The Bertz CT molecular complexity index is 893. The van der Waals surface area contributed by atoms with Crippen LogP contribution in [0, 0.1) is 11.8 Å². The predicted molar refractivity (Wildman–Crippen MR) is 98.1 cm³/mol. The first-order chi connectivity index (χ1) is 12.6. The number of rotatable bonds is 5. The minimum Gasteiger partial charge on any atom is -0.345 e. The lowest BCUT2D eigenvalue weighted by Crippen LogP contribution is -2.30. The molecule has 1 aliphatic carbocycles. The van der Waals surface area contributed by atoms with Crippen molar-refractivity contribution in [2.75, 3.05) is 0 Å². The van der Waals surface area contributed by atoms with Crippen molar-refractivity contribution < 1.29 is 4.79 Å². The van der Waals surface area contributed by atoms with Crippen molar-refractivity contribution in [1.82, 2.24) is 25.1 Å². The summed E-state index contributed by atoms with van der Waals surface area (Å²) in [6.07, 6.45) is 5.67. The molecule has 1 amide bonds. The van der Waals surface area contributed by atoms with E-state index in [1.807, 2.05) is 24.3 Å². The van der Waals surface area contributed by atoms with Crippen molar-refractivity contribution in [3.8, 4) is 5.82 Å². The molecule has 132 valence electrons. The fourth-order valence-corrected chi connectivity index (χ4v) is 3.26. The monoisotopic (exact) mass is 367 g/mol. The number of amides is 1. The number of pyridine rings is 1. The van der Waals surface area contributed by atoms with E-state index in [1.54, 1.807) is 29.3 Å². The summed E-state index contributed by atoms with van der Waals surface area (Å²) in [6.45, 7) is 2.20. The van der Waals surface area contributed by atoms with Crippen LogP contribution in [-0.4, -0.2) is 25.7 Å².